The monoisotopic (exact) mass is 397 g/mol. The molecule has 0 fully saturated rings. The minimum absolute atomic E-state index is 0.0115. The molecule has 0 aromatic heterocycles. The van der Waals surface area contributed by atoms with Crippen molar-refractivity contribution in [2.75, 3.05) is 11.9 Å². The molecule has 2 aromatic rings. The summed E-state index contributed by atoms with van der Waals surface area (Å²) in [4.78, 5) is 12.3. The molecule has 2 aromatic carbocycles. The number of hydrogen-bond acceptors (Lipinski definition) is 3. The van der Waals surface area contributed by atoms with Crippen molar-refractivity contribution in [2.45, 2.75) is 13.3 Å². The molecule has 2 rings (SSSR count). The molecule has 0 aliphatic heterocycles. The van der Waals surface area contributed by atoms with Crippen LogP contribution >= 0.6 is 22.6 Å². The second kappa shape index (κ2) is 7.31. The van der Waals surface area contributed by atoms with Gasteiger partial charge in [-0.05, 0) is 53.3 Å². The van der Waals surface area contributed by atoms with Gasteiger partial charge < -0.3 is 15.2 Å². The minimum atomic E-state index is -0.362. The molecule has 0 aliphatic carbocycles. The van der Waals surface area contributed by atoms with Gasteiger partial charge >= 0.3 is 0 Å². The molecular weight excluding hydrogens is 381 g/mol. The maximum Gasteiger partial charge on any atom is 0.259 e. The third-order valence-electron chi connectivity index (χ3n) is 2.83. The van der Waals surface area contributed by atoms with E-state index in [0.717, 1.165) is 6.42 Å². The molecule has 1 amide bonds. The van der Waals surface area contributed by atoms with Crippen molar-refractivity contribution in [3.8, 4) is 11.5 Å². The first-order chi connectivity index (χ1) is 10.1. The second-order valence-electron chi connectivity index (χ2n) is 4.43. The Morgan fingerprint density at radius 3 is 2.76 bits per heavy atom. The number of anilines is 1. The summed E-state index contributed by atoms with van der Waals surface area (Å²) in [6, 6.07) is 12.3. The summed E-state index contributed by atoms with van der Waals surface area (Å²) in [6.07, 6.45) is 0.889. The molecule has 0 saturated carbocycles. The molecule has 5 heteroatoms. The van der Waals surface area contributed by atoms with Crippen molar-refractivity contribution in [1.82, 2.24) is 0 Å². The lowest BCUT2D eigenvalue weighted by molar-refractivity contribution is 0.102. The Kier molecular flexibility index (Phi) is 5.44. The van der Waals surface area contributed by atoms with Crippen LogP contribution < -0.4 is 10.1 Å². The fourth-order valence-electron chi connectivity index (χ4n) is 1.80. The molecule has 0 radical (unpaired) electrons. The number of aromatic hydroxyl groups is 1. The highest BCUT2D eigenvalue weighted by molar-refractivity contribution is 14.1. The summed E-state index contributed by atoms with van der Waals surface area (Å²) < 4.78 is 6.23. The zero-order chi connectivity index (χ0) is 15.2. The van der Waals surface area contributed by atoms with Crippen LogP contribution in [0.5, 0.6) is 11.5 Å². The highest BCUT2D eigenvalue weighted by Gasteiger charge is 2.14. The third-order valence-corrected chi connectivity index (χ3v) is 3.70. The van der Waals surface area contributed by atoms with E-state index in [0.29, 0.717) is 21.6 Å². The van der Waals surface area contributed by atoms with E-state index in [-0.39, 0.29) is 17.2 Å². The van der Waals surface area contributed by atoms with Gasteiger partial charge in [-0.15, -0.1) is 0 Å². The van der Waals surface area contributed by atoms with Crippen molar-refractivity contribution >= 4 is 34.2 Å². The molecule has 2 N–H and O–H groups in total. The lowest BCUT2D eigenvalue weighted by Gasteiger charge is -2.12. The summed E-state index contributed by atoms with van der Waals surface area (Å²) in [6.45, 7) is 2.60. The van der Waals surface area contributed by atoms with Gasteiger partial charge in [0.2, 0.25) is 0 Å². The molecule has 0 bridgehead atoms. The largest absolute Gasteiger partial charge is 0.506 e. The maximum atomic E-state index is 12.3. The first-order valence-electron chi connectivity index (χ1n) is 6.64. The average Bonchev–Trinajstić information content (AvgIpc) is 2.49. The first kappa shape index (κ1) is 15.6. The summed E-state index contributed by atoms with van der Waals surface area (Å²) in [7, 11) is 0. The number of phenols is 1. The van der Waals surface area contributed by atoms with Gasteiger partial charge in [0, 0.05) is 0 Å². The van der Waals surface area contributed by atoms with Crippen molar-refractivity contribution < 1.29 is 14.6 Å². The van der Waals surface area contributed by atoms with Gasteiger partial charge in [0.1, 0.15) is 11.5 Å². The van der Waals surface area contributed by atoms with Crippen LogP contribution in [-0.2, 0) is 0 Å². The van der Waals surface area contributed by atoms with Gasteiger partial charge in [-0.3, -0.25) is 4.79 Å². The van der Waals surface area contributed by atoms with Gasteiger partial charge in [0.15, 0.2) is 0 Å². The topological polar surface area (TPSA) is 58.6 Å². The fraction of sp³-hybridized carbons (Fsp3) is 0.188. The Morgan fingerprint density at radius 1 is 1.24 bits per heavy atom. The molecule has 0 saturated heterocycles. The zero-order valence-electron chi connectivity index (χ0n) is 11.6. The Hall–Kier alpha value is -1.76. The van der Waals surface area contributed by atoms with E-state index in [4.69, 9.17) is 4.74 Å². The van der Waals surface area contributed by atoms with Crippen LogP contribution in [0.3, 0.4) is 0 Å². The SMILES string of the molecule is CCCOc1ccccc1NC(=O)c1cccc(I)c1O. The first-order valence-corrected chi connectivity index (χ1v) is 7.72. The second-order valence-corrected chi connectivity index (χ2v) is 5.60. The molecule has 21 heavy (non-hydrogen) atoms. The van der Waals surface area contributed by atoms with Gasteiger partial charge in [0.05, 0.1) is 21.4 Å². The van der Waals surface area contributed by atoms with Crippen molar-refractivity contribution in [1.29, 1.82) is 0 Å². The molecule has 0 spiro atoms. The lowest BCUT2D eigenvalue weighted by atomic mass is 10.2. The Balaban J connectivity index is 2.22. The van der Waals surface area contributed by atoms with Crippen LogP contribution in [0.4, 0.5) is 5.69 Å². The number of carbonyl (C=O) groups is 1. The van der Waals surface area contributed by atoms with E-state index >= 15 is 0 Å². The van der Waals surface area contributed by atoms with Crippen molar-refractivity contribution in [3.63, 3.8) is 0 Å². The van der Waals surface area contributed by atoms with Crippen LogP contribution in [0.2, 0.25) is 0 Å². The number of halogens is 1. The normalized spacial score (nSPS) is 10.2. The molecule has 110 valence electrons. The summed E-state index contributed by atoms with van der Waals surface area (Å²) in [5.74, 6) is 0.249. The van der Waals surface area contributed by atoms with Gasteiger partial charge in [0.25, 0.3) is 5.91 Å². The predicted octanol–water partition coefficient (Wildman–Crippen LogP) is 4.04. The number of rotatable bonds is 5. The molecule has 4 nitrogen and oxygen atoms in total. The lowest BCUT2D eigenvalue weighted by Crippen LogP contribution is -2.13. The highest BCUT2D eigenvalue weighted by atomic mass is 127. The van der Waals surface area contributed by atoms with Gasteiger partial charge in [-0.2, -0.15) is 0 Å². The standard InChI is InChI=1S/C16H16INO3/c1-2-10-21-14-9-4-3-8-13(14)18-16(20)11-6-5-7-12(17)15(11)19/h3-9,19H,2,10H2,1H3,(H,18,20). The van der Waals surface area contributed by atoms with E-state index in [1.54, 1.807) is 30.3 Å². The number of hydrogen-bond donors (Lipinski definition) is 2. The van der Waals surface area contributed by atoms with E-state index in [9.17, 15) is 9.90 Å². The highest BCUT2D eigenvalue weighted by Crippen LogP contribution is 2.28. The number of para-hydroxylation sites is 3. The summed E-state index contributed by atoms with van der Waals surface area (Å²) in [5, 5.41) is 12.7. The van der Waals surface area contributed by atoms with E-state index in [1.807, 2.05) is 41.6 Å². The van der Waals surface area contributed by atoms with Gasteiger partial charge in [-0.25, -0.2) is 0 Å². The van der Waals surface area contributed by atoms with E-state index in [2.05, 4.69) is 5.32 Å². The number of ether oxygens (including phenoxy) is 1. The zero-order valence-corrected chi connectivity index (χ0v) is 13.8. The van der Waals surface area contributed by atoms with E-state index < -0.39 is 0 Å². The van der Waals surface area contributed by atoms with Crippen molar-refractivity contribution in [3.05, 3.63) is 51.6 Å². The summed E-state index contributed by atoms with van der Waals surface area (Å²) in [5.41, 5.74) is 0.835. The molecule has 0 heterocycles. The number of benzene rings is 2. The molecular formula is C16H16INO3. The smallest absolute Gasteiger partial charge is 0.259 e. The molecule has 0 unspecified atom stereocenters. The van der Waals surface area contributed by atoms with Crippen LogP contribution in [0.25, 0.3) is 0 Å². The Bertz CT molecular complexity index is 643. The predicted molar refractivity (Wildman–Crippen MR) is 91.0 cm³/mol. The quantitative estimate of drug-likeness (QED) is 0.749. The number of carbonyl (C=O) groups excluding carboxylic acids is 1. The van der Waals surface area contributed by atoms with E-state index in [1.165, 1.54) is 0 Å². The minimum Gasteiger partial charge on any atom is -0.506 e. The summed E-state index contributed by atoms with van der Waals surface area (Å²) >= 11 is 1.98. The number of nitrogens with one attached hydrogen (secondary N) is 1. The number of phenolic OH excluding ortho intramolecular Hbond substituents is 1. The average molecular weight is 397 g/mol. The molecule has 0 aliphatic rings. The van der Waals surface area contributed by atoms with Crippen LogP contribution in [0.15, 0.2) is 42.5 Å². The van der Waals surface area contributed by atoms with Gasteiger partial charge in [-0.1, -0.05) is 25.1 Å². The Labute approximate surface area is 137 Å². The third kappa shape index (κ3) is 3.87. The number of amides is 1. The van der Waals surface area contributed by atoms with Crippen LogP contribution in [-0.4, -0.2) is 17.6 Å². The van der Waals surface area contributed by atoms with Crippen molar-refractivity contribution in [2.24, 2.45) is 0 Å². The van der Waals surface area contributed by atoms with Crippen LogP contribution in [0, 0.1) is 3.57 Å². The van der Waals surface area contributed by atoms with Crippen LogP contribution in [0.1, 0.15) is 23.7 Å². The molecule has 0 atom stereocenters. The Morgan fingerprint density at radius 2 is 2.00 bits per heavy atom. The maximum absolute atomic E-state index is 12.3. The fourth-order valence-corrected chi connectivity index (χ4v) is 2.29.